The molecule has 0 saturated carbocycles. The lowest BCUT2D eigenvalue weighted by atomic mass is 10.2. The zero-order chi connectivity index (χ0) is 17.6. The summed E-state index contributed by atoms with van der Waals surface area (Å²) in [6.45, 7) is 1.14. The zero-order valence-corrected chi connectivity index (χ0v) is 14.7. The van der Waals surface area contributed by atoms with E-state index in [-0.39, 0.29) is 12.5 Å². The summed E-state index contributed by atoms with van der Waals surface area (Å²) in [4.78, 5) is 14.2. The van der Waals surface area contributed by atoms with E-state index in [0.29, 0.717) is 30.4 Å². The van der Waals surface area contributed by atoms with E-state index in [1.165, 1.54) is 18.9 Å². The number of nitrogens with two attached hydrogens (primary N) is 1. The van der Waals surface area contributed by atoms with Crippen molar-refractivity contribution in [2.24, 2.45) is 5.73 Å². The van der Waals surface area contributed by atoms with Crippen LogP contribution in [0.15, 0.2) is 52.3 Å². The Balaban J connectivity index is 1.89. The number of carbonyl (C=O) groups is 1. The van der Waals surface area contributed by atoms with Crippen LogP contribution in [0, 0.1) is 0 Å². The van der Waals surface area contributed by atoms with Gasteiger partial charge in [0.05, 0.1) is 12.3 Å². The molecule has 0 bridgehead atoms. The lowest BCUT2D eigenvalue weighted by molar-refractivity contribution is -0.118. The van der Waals surface area contributed by atoms with Crippen molar-refractivity contribution in [2.45, 2.75) is 15.8 Å². The Hall–Kier alpha value is -2.22. The zero-order valence-electron chi connectivity index (χ0n) is 13.9. The molecule has 0 aliphatic carbocycles. The molecule has 6 nitrogen and oxygen atoms in total. The number of methoxy groups -OCH3 is 1. The molecule has 0 saturated heterocycles. The molecule has 1 heterocycles. The minimum atomic E-state index is -0.743. The van der Waals surface area contributed by atoms with Gasteiger partial charge in [0.15, 0.2) is 11.5 Å². The third-order valence-electron chi connectivity index (χ3n) is 3.56. The number of fused-ring (bicyclic) bond motifs is 1. The largest absolute Gasteiger partial charge is 0.486 e. The fourth-order valence-corrected chi connectivity index (χ4v) is 3.28. The molecule has 1 amide bonds. The number of benzene rings is 2. The Morgan fingerprint density at radius 3 is 2.60 bits per heavy atom. The van der Waals surface area contributed by atoms with Crippen molar-refractivity contribution in [3.05, 3.63) is 42.5 Å². The molecule has 0 spiro atoms. The van der Waals surface area contributed by atoms with Gasteiger partial charge >= 0.3 is 0 Å². The summed E-state index contributed by atoms with van der Waals surface area (Å²) in [7, 11) is 1.51. The molecule has 0 fully saturated rings. The average molecular weight is 360 g/mol. The summed E-state index contributed by atoms with van der Waals surface area (Å²) in [5.41, 5.74) is 6.45. The van der Waals surface area contributed by atoms with Gasteiger partial charge in [-0.1, -0.05) is 30.0 Å². The van der Waals surface area contributed by atoms with Gasteiger partial charge in [0.1, 0.15) is 19.3 Å². The van der Waals surface area contributed by atoms with Crippen molar-refractivity contribution >= 4 is 23.4 Å². The van der Waals surface area contributed by atoms with Gasteiger partial charge in [-0.05, 0) is 12.1 Å². The first kappa shape index (κ1) is 17.6. The van der Waals surface area contributed by atoms with Gasteiger partial charge < -0.3 is 25.3 Å². The third kappa shape index (κ3) is 4.45. The highest BCUT2D eigenvalue weighted by Crippen LogP contribution is 2.42. The van der Waals surface area contributed by atoms with Crippen LogP contribution in [-0.2, 0) is 9.53 Å². The number of hydrogen-bond donors (Lipinski definition) is 2. The molecule has 1 aliphatic rings. The van der Waals surface area contributed by atoms with E-state index in [1.54, 1.807) is 6.07 Å². The van der Waals surface area contributed by atoms with Crippen LogP contribution in [0.5, 0.6) is 11.5 Å². The number of rotatable bonds is 6. The topological polar surface area (TPSA) is 82.8 Å². The van der Waals surface area contributed by atoms with Crippen molar-refractivity contribution in [1.29, 1.82) is 0 Å². The van der Waals surface area contributed by atoms with Crippen molar-refractivity contribution < 1.29 is 19.0 Å². The summed E-state index contributed by atoms with van der Waals surface area (Å²) < 4.78 is 16.2. The van der Waals surface area contributed by atoms with E-state index in [4.69, 9.17) is 19.9 Å². The molecule has 25 heavy (non-hydrogen) atoms. The van der Waals surface area contributed by atoms with E-state index in [1.807, 2.05) is 36.4 Å². The predicted molar refractivity (Wildman–Crippen MR) is 96.5 cm³/mol. The first-order valence-electron chi connectivity index (χ1n) is 7.89. The minimum absolute atomic E-state index is 0.150. The van der Waals surface area contributed by atoms with Crippen LogP contribution in [-0.4, -0.2) is 38.9 Å². The molecule has 2 aromatic carbocycles. The van der Waals surface area contributed by atoms with E-state index >= 15 is 0 Å². The number of amides is 1. The maximum atomic E-state index is 12.3. The molecule has 1 unspecified atom stereocenters. The monoisotopic (exact) mass is 360 g/mol. The van der Waals surface area contributed by atoms with E-state index in [0.717, 1.165) is 9.79 Å². The van der Waals surface area contributed by atoms with Crippen LogP contribution in [0.4, 0.5) is 5.69 Å². The summed E-state index contributed by atoms with van der Waals surface area (Å²) in [5, 5.41) is 2.87. The third-order valence-corrected chi connectivity index (χ3v) is 4.62. The molecule has 3 rings (SSSR count). The van der Waals surface area contributed by atoms with Crippen LogP contribution in [0.2, 0.25) is 0 Å². The Morgan fingerprint density at radius 1 is 1.24 bits per heavy atom. The Morgan fingerprint density at radius 2 is 1.92 bits per heavy atom. The second-order valence-electron chi connectivity index (χ2n) is 5.46. The maximum absolute atomic E-state index is 12.3. The molecule has 0 radical (unpaired) electrons. The van der Waals surface area contributed by atoms with Crippen molar-refractivity contribution in [1.82, 2.24) is 0 Å². The smallest absolute Gasteiger partial charge is 0.243 e. The fraction of sp³-hybridized carbons (Fsp3) is 0.278. The molecule has 3 N–H and O–H groups in total. The standard InChI is InChI=1S/C18H20N2O4S/c1-22-11-13(19)18(21)20-14-9-15-16(24-8-7-23-15)10-17(14)25-12-5-3-2-4-6-12/h2-6,9-10,13H,7-8,11,19H2,1H3,(H,20,21). The Kier molecular flexibility index (Phi) is 5.80. The second kappa shape index (κ2) is 8.24. The van der Waals surface area contributed by atoms with Crippen LogP contribution in [0.1, 0.15) is 0 Å². The lowest BCUT2D eigenvalue weighted by Crippen LogP contribution is -2.39. The van der Waals surface area contributed by atoms with E-state index in [2.05, 4.69) is 5.32 Å². The average Bonchev–Trinajstić information content (AvgIpc) is 2.63. The quantitative estimate of drug-likeness (QED) is 0.824. The van der Waals surface area contributed by atoms with Gasteiger partial charge in [0.25, 0.3) is 0 Å². The van der Waals surface area contributed by atoms with Gasteiger partial charge in [-0.2, -0.15) is 0 Å². The molecular weight excluding hydrogens is 340 g/mol. The molecule has 1 atom stereocenters. The van der Waals surface area contributed by atoms with Crippen LogP contribution < -0.4 is 20.5 Å². The van der Waals surface area contributed by atoms with Crippen molar-refractivity contribution in [3.8, 4) is 11.5 Å². The molecule has 0 aromatic heterocycles. The van der Waals surface area contributed by atoms with Crippen LogP contribution >= 0.6 is 11.8 Å². The normalized spacial score (nSPS) is 14.0. The predicted octanol–water partition coefficient (Wildman–Crippen LogP) is 2.52. The highest BCUT2D eigenvalue weighted by molar-refractivity contribution is 7.99. The summed E-state index contributed by atoms with van der Waals surface area (Å²) in [6.07, 6.45) is 0. The fourth-order valence-electron chi connectivity index (χ4n) is 2.35. The van der Waals surface area contributed by atoms with Gasteiger partial charge in [0, 0.05) is 29.0 Å². The molecule has 1 aliphatic heterocycles. The maximum Gasteiger partial charge on any atom is 0.243 e. The number of carbonyl (C=O) groups excluding carboxylic acids is 1. The lowest BCUT2D eigenvalue weighted by Gasteiger charge is -2.22. The Bertz CT molecular complexity index is 739. The van der Waals surface area contributed by atoms with Gasteiger partial charge in [0.2, 0.25) is 5.91 Å². The number of ether oxygens (including phenoxy) is 3. The molecule has 7 heteroatoms. The van der Waals surface area contributed by atoms with Crippen molar-refractivity contribution in [2.75, 3.05) is 32.2 Å². The first-order chi connectivity index (χ1) is 12.2. The summed E-state index contributed by atoms with van der Waals surface area (Å²) in [6, 6.07) is 12.8. The number of hydrogen-bond acceptors (Lipinski definition) is 6. The minimum Gasteiger partial charge on any atom is -0.486 e. The van der Waals surface area contributed by atoms with Gasteiger partial charge in [-0.3, -0.25) is 4.79 Å². The highest BCUT2D eigenvalue weighted by Gasteiger charge is 2.20. The second-order valence-corrected chi connectivity index (χ2v) is 6.57. The SMILES string of the molecule is COCC(N)C(=O)Nc1cc2c(cc1Sc1ccccc1)OCCO2. The summed E-state index contributed by atoms with van der Waals surface area (Å²) in [5.74, 6) is 0.969. The summed E-state index contributed by atoms with van der Waals surface area (Å²) >= 11 is 1.53. The number of anilines is 1. The van der Waals surface area contributed by atoms with E-state index < -0.39 is 6.04 Å². The first-order valence-corrected chi connectivity index (χ1v) is 8.71. The van der Waals surface area contributed by atoms with Crippen LogP contribution in [0.3, 0.4) is 0 Å². The van der Waals surface area contributed by atoms with Gasteiger partial charge in [-0.25, -0.2) is 0 Å². The molecule has 132 valence electrons. The molecular formula is C18H20N2O4S. The number of nitrogens with one attached hydrogen (secondary N) is 1. The van der Waals surface area contributed by atoms with Gasteiger partial charge in [-0.15, -0.1) is 0 Å². The molecule has 2 aromatic rings. The van der Waals surface area contributed by atoms with E-state index in [9.17, 15) is 4.79 Å². The highest BCUT2D eigenvalue weighted by atomic mass is 32.2. The Labute approximate surface area is 150 Å². The van der Waals surface area contributed by atoms with Crippen LogP contribution in [0.25, 0.3) is 0 Å². The van der Waals surface area contributed by atoms with Crippen molar-refractivity contribution in [3.63, 3.8) is 0 Å².